The largest absolute Gasteiger partial charge is 0.138 e. The van der Waals surface area contributed by atoms with Gasteiger partial charge in [0.2, 0.25) is 0 Å². The lowest BCUT2D eigenvalue weighted by molar-refractivity contribution is 1.74. The van der Waals surface area contributed by atoms with Gasteiger partial charge in [-0.2, -0.15) is 0 Å². The highest BCUT2D eigenvalue weighted by molar-refractivity contribution is 8.01. The molecular weight excluding hydrogens is 104 g/mol. The first-order valence-corrected chi connectivity index (χ1v) is 3.51. The topological polar surface area (TPSA) is 0 Å². The lowest BCUT2D eigenvalue weighted by atomic mass is 10.5. The van der Waals surface area contributed by atoms with Gasteiger partial charge in [-0.15, -0.1) is 11.8 Å². The molecule has 0 N–H and O–H groups in total. The van der Waals surface area contributed by atoms with Gasteiger partial charge >= 0.3 is 0 Å². The number of rotatable bonds is 2. The number of hydrogen-bond acceptors (Lipinski definition) is 1. The van der Waals surface area contributed by atoms with E-state index in [0.717, 1.165) is 0 Å². The van der Waals surface area contributed by atoms with Crippen LogP contribution >= 0.6 is 11.8 Å². The molecule has 0 aliphatic rings. The van der Waals surface area contributed by atoms with E-state index in [1.807, 2.05) is 36.8 Å². The van der Waals surface area contributed by atoms with Gasteiger partial charge in [-0.3, -0.25) is 0 Å². The minimum Gasteiger partial charge on any atom is -0.138 e. The fourth-order valence-corrected chi connectivity index (χ4v) is 0.483. The molecular formula is C6H10S. The molecule has 0 nitrogen and oxygen atoms in total. The van der Waals surface area contributed by atoms with Crippen molar-refractivity contribution in [2.24, 2.45) is 0 Å². The maximum Gasteiger partial charge on any atom is -0.0142 e. The quantitative estimate of drug-likeness (QED) is 0.497. The van der Waals surface area contributed by atoms with Crippen LogP contribution in [0, 0.1) is 0 Å². The van der Waals surface area contributed by atoms with Crippen LogP contribution in [0.1, 0.15) is 6.92 Å². The van der Waals surface area contributed by atoms with Crippen LogP contribution < -0.4 is 0 Å². The second kappa shape index (κ2) is 5.83. The third-order valence-corrected chi connectivity index (χ3v) is 0.948. The monoisotopic (exact) mass is 114 g/mol. The van der Waals surface area contributed by atoms with Gasteiger partial charge in [0.15, 0.2) is 0 Å². The maximum atomic E-state index is 2.04. The minimum atomic E-state index is 1.71. The standard InChI is InChI=1S/C6H10S/c1-3-4-5-6-7-2/h3-6H,1-2H3/b4-3+,6-5-. The summed E-state index contributed by atoms with van der Waals surface area (Å²) in [6, 6.07) is 0. The van der Waals surface area contributed by atoms with Crippen molar-refractivity contribution in [2.45, 2.75) is 6.92 Å². The zero-order valence-electron chi connectivity index (χ0n) is 4.72. The second-order valence-electron chi connectivity index (χ2n) is 1.09. The van der Waals surface area contributed by atoms with Gasteiger partial charge in [0.25, 0.3) is 0 Å². The number of allylic oxidation sites excluding steroid dienone is 3. The Morgan fingerprint density at radius 3 is 2.43 bits per heavy atom. The SMILES string of the molecule is C/C=C/C=C\SC. The molecule has 0 bridgehead atoms. The lowest BCUT2D eigenvalue weighted by Gasteiger charge is -1.70. The Morgan fingerprint density at radius 1 is 1.29 bits per heavy atom. The highest BCUT2D eigenvalue weighted by Crippen LogP contribution is 1.92. The van der Waals surface area contributed by atoms with Crippen molar-refractivity contribution in [3.63, 3.8) is 0 Å². The van der Waals surface area contributed by atoms with Crippen molar-refractivity contribution < 1.29 is 0 Å². The molecule has 0 unspecified atom stereocenters. The summed E-state index contributed by atoms with van der Waals surface area (Å²) in [5, 5.41) is 2.04. The smallest absolute Gasteiger partial charge is 0.0142 e. The summed E-state index contributed by atoms with van der Waals surface area (Å²) >= 11 is 1.71. The van der Waals surface area contributed by atoms with Gasteiger partial charge in [-0.1, -0.05) is 18.2 Å². The maximum absolute atomic E-state index is 2.04. The van der Waals surface area contributed by atoms with E-state index in [2.05, 4.69) is 0 Å². The molecule has 0 aromatic rings. The van der Waals surface area contributed by atoms with Crippen molar-refractivity contribution in [3.8, 4) is 0 Å². The molecule has 0 heterocycles. The van der Waals surface area contributed by atoms with E-state index >= 15 is 0 Å². The second-order valence-corrected chi connectivity index (χ2v) is 1.83. The van der Waals surface area contributed by atoms with Crippen LogP contribution in [0.3, 0.4) is 0 Å². The summed E-state index contributed by atoms with van der Waals surface area (Å²) in [6.45, 7) is 2.00. The molecule has 40 valence electrons. The summed E-state index contributed by atoms with van der Waals surface area (Å²) in [5.74, 6) is 0. The van der Waals surface area contributed by atoms with Crippen LogP contribution in [0.2, 0.25) is 0 Å². The summed E-state index contributed by atoms with van der Waals surface area (Å²) in [4.78, 5) is 0. The highest BCUT2D eigenvalue weighted by atomic mass is 32.2. The fourth-order valence-electron chi connectivity index (χ4n) is 0.235. The first-order chi connectivity index (χ1) is 3.41. The van der Waals surface area contributed by atoms with E-state index in [1.54, 1.807) is 11.8 Å². The molecule has 0 aliphatic heterocycles. The molecule has 0 fully saturated rings. The van der Waals surface area contributed by atoms with E-state index in [1.165, 1.54) is 0 Å². The molecule has 0 spiro atoms. The van der Waals surface area contributed by atoms with E-state index in [-0.39, 0.29) is 0 Å². The van der Waals surface area contributed by atoms with Crippen LogP contribution in [-0.4, -0.2) is 6.26 Å². The molecule has 0 saturated carbocycles. The molecule has 0 amide bonds. The Morgan fingerprint density at radius 2 is 2.00 bits per heavy atom. The van der Waals surface area contributed by atoms with Crippen LogP contribution in [0.4, 0.5) is 0 Å². The van der Waals surface area contributed by atoms with Crippen molar-refractivity contribution in [1.29, 1.82) is 0 Å². The van der Waals surface area contributed by atoms with E-state index < -0.39 is 0 Å². The Bertz CT molecular complexity index is 72.2. The van der Waals surface area contributed by atoms with Crippen molar-refractivity contribution >= 4 is 11.8 Å². The minimum absolute atomic E-state index is 1.71. The Labute approximate surface area is 49.3 Å². The molecule has 0 radical (unpaired) electrons. The van der Waals surface area contributed by atoms with Crippen molar-refractivity contribution in [2.75, 3.05) is 6.26 Å². The zero-order chi connectivity index (χ0) is 5.54. The molecule has 0 rings (SSSR count). The average molecular weight is 114 g/mol. The molecule has 7 heavy (non-hydrogen) atoms. The fraction of sp³-hybridized carbons (Fsp3) is 0.333. The van der Waals surface area contributed by atoms with Crippen LogP contribution in [0.25, 0.3) is 0 Å². The van der Waals surface area contributed by atoms with E-state index in [0.29, 0.717) is 0 Å². The normalized spacial score (nSPS) is 11.7. The Balaban J connectivity index is 3.09. The first kappa shape index (κ1) is 6.83. The number of thioether (sulfide) groups is 1. The van der Waals surface area contributed by atoms with Crippen LogP contribution in [0.15, 0.2) is 23.6 Å². The first-order valence-electron chi connectivity index (χ1n) is 2.22. The highest BCUT2D eigenvalue weighted by Gasteiger charge is 1.57. The van der Waals surface area contributed by atoms with Gasteiger partial charge in [-0.25, -0.2) is 0 Å². The van der Waals surface area contributed by atoms with E-state index in [4.69, 9.17) is 0 Å². The summed E-state index contributed by atoms with van der Waals surface area (Å²) < 4.78 is 0. The van der Waals surface area contributed by atoms with E-state index in [9.17, 15) is 0 Å². The molecule has 0 aromatic heterocycles. The molecule has 0 saturated heterocycles. The third-order valence-electron chi connectivity index (χ3n) is 0.518. The Kier molecular flexibility index (Phi) is 5.69. The summed E-state index contributed by atoms with van der Waals surface area (Å²) in [6.07, 6.45) is 8.08. The molecule has 0 aliphatic carbocycles. The predicted molar refractivity (Wildman–Crippen MR) is 37.5 cm³/mol. The lowest BCUT2D eigenvalue weighted by Crippen LogP contribution is -1.43. The van der Waals surface area contributed by atoms with Crippen LogP contribution in [0.5, 0.6) is 0 Å². The van der Waals surface area contributed by atoms with Crippen molar-refractivity contribution in [3.05, 3.63) is 23.6 Å². The van der Waals surface area contributed by atoms with Gasteiger partial charge in [0.1, 0.15) is 0 Å². The summed E-state index contributed by atoms with van der Waals surface area (Å²) in [7, 11) is 0. The third kappa shape index (κ3) is 5.83. The zero-order valence-corrected chi connectivity index (χ0v) is 5.53. The average Bonchev–Trinajstić information content (AvgIpc) is 1.69. The van der Waals surface area contributed by atoms with Crippen molar-refractivity contribution in [1.82, 2.24) is 0 Å². The molecule has 0 atom stereocenters. The number of hydrogen-bond donors (Lipinski definition) is 0. The van der Waals surface area contributed by atoms with Gasteiger partial charge in [0, 0.05) is 0 Å². The summed E-state index contributed by atoms with van der Waals surface area (Å²) in [5.41, 5.74) is 0. The van der Waals surface area contributed by atoms with Gasteiger partial charge < -0.3 is 0 Å². The predicted octanol–water partition coefficient (Wildman–Crippen LogP) is 2.44. The van der Waals surface area contributed by atoms with Gasteiger partial charge in [-0.05, 0) is 18.6 Å². The molecule has 1 heteroatoms. The molecule has 0 aromatic carbocycles. The Hall–Kier alpha value is -0.170. The van der Waals surface area contributed by atoms with Crippen LogP contribution in [-0.2, 0) is 0 Å². The van der Waals surface area contributed by atoms with Gasteiger partial charge in [0.05, 0.1) is 0 Å².